The Morgan fingerprint density at radius 1 is 0.622 bits per heavy atom. The number of rotatable bonds is 15. The van der Waals surface area contributed by atoms with Crippen LogP contribution in [0.5, 0.6) is 0 Å². The third-order valence-electron chi connectivity index (χ3n) is 5.82. The summed E-state index contributed by atoms with van der Waals surface area (Å²) in [4.78, 5) is 24.3. The van der Waals surface area contributed by atoms with E-state index in [0.29, 0.717) is 26.1 Å². The highest BCUT2D eigenvalue weighted by atomic mass is 28.3. The van der Waals surface area contributed by atoms with E-state index in [2.05, 4.69) is 0 Å². The van der Waals surface area contributed by atoms with Crippen LogP contribution in [0.4, 0.5) is 0 Å². The molecule has 2 atom stereocenters. The van der Waals surface area contributed by atoms with Crippen molar-refractivity contribution >= 4 is 26.4 Å². The van der Waals surface area contributed by atoms with E-state index in [1.165, 1.54) is 0 Å². The van der Waals surface area contributed by atoms with Gasteiger partial charge in [0.1, 0.15) is 0 Å². The molecule has 0 amide bonds. The Morgan fingerprint density at radius 3 is 1.38 bits per heavy atom. The molecule has 0 aromatic heterocycles. The summed E-state index contributed by atoms with van der Waals surface area (Å²) >= 11 is 0. The number of carbonyl (C=O) groups is 2. The number of hydrogen-bond acceptors (Lipinski definition) is 6. The summed E-state index contributed by atoms with van der Waals surface area (Å²) in [6.07, 6.45) is 0.749. The zero-order valence-electron chi connectivity index (χ0n) is 21.6. The second-order valence-electron chi connectivity index (χ2n) is 8.50. The van der Waals surface area contributed by atoms with Crippen molar-refractivity contribution in [1.82, 2.24) is 0 Å². The molecule has 2 unspecified atom stereocenters. The summed E-state index contributed by atoms with van der Waals surface area (Å²) in [5, 5.41) is 0.983. The molecule has 0 bridgehead atoms. The van der Waals surface area contributed by atoms with E-state index in [1.807, 2.05) is 91.0 Å². The van der Waals surface area contributed by atoms with Crippen LogP contribution < -0.4 is 5.19 Å². The molecule has 0 spiro atoms. The van der Waals surface area contributed by atoms with Gasteiger partial charge in [0.15, 0.2) is 0 Å². The molecular formula is C30H36O6Si. The number of carbonyl (C=O) groups excluding carboxylic acids is 2. The minimum atomic E-state index is -2.51. The summed E-state index contributed by atoms with van der Waals surface area (Å²) in [5.41, 5.74) is 1.96. The lowest BCUT2D eigenvalue weighted by Gasteiger charge is -2.28. The minimum Gasteiger partial charge on any atom is -0.466 e. The van der Waals surface area contributed by atoms with Gasteiger partial charge in [0, 0.05) is 12.8 Å². The van der Waals surface area contributed by atoms with Crippen LogP contribution in [-0.2, 0) is 27.9 Å². The Morgan fingerprint density at radius 2 is 1.00 bits per heavy atom. The summed E-state index contributed by atoms with van der Waals surface area (Å²) in [7, 11) is -2.51. The first kappa shape index (κ1) is 28.3. The largest absolute Gasteiger partial charge is 0.466 e. The molecule has 37 heavy (non-hydrogen) atoms. The van der Waals surface area contributed by atoms with Gasteiger partial charge < -0.3 is 18.3 Å². The quantitative estimate of drug-likeness (QED) is 0.200. The highest BCUT2D eigenvalue weighted by Crippen LogP contribution is 2.28. The number of esters is 2. The van der Waals surface area contributed by atoms with E-state index in [1.54, 1.807) is 13.8 Å². The first-order valence-corrected chi connectivity index (χ1v) is 14.4. The monoisotopic (exact) mass is 520 g/mol. The normalized spacial score (nSPS) is 13.4. The highest BCUT2D eigenvalue weighted by Gasteiger charge is 2.28. The Bertz CT molecular complexity index is 994. The third-order valence-corrected chi connectivity index (χ3v) is 7.90. The lowest BCUT2D eigenvalue weighted by atomic mass is 10.1. The predicted octanol–water partition coefficient (Wildman–Crippen LogP) is 5.32. The maximum absolute atomic E-state index is 12.2. The van der Waals surface area contributed by atoms with Crippen LogP contribution in [0, 0.1) is 0 Å². The van der Waals surface area contributed by atoms with Crippen molar-refractivity contribution in [2.24, 2.45) is 0 Å². The number of ether oxygens (including phenoxy) is 2. The van der Waals surface area contributed by atoms with Crippen molar-refractivity contribution in [3.8, 4) is 0 Å². The van der Waals surface area contributed by atoms with Gasteiger partial charge in [-0.25, -0.2) is 0 Å². The van der Waals surface area contributed by atoms with Crippen LogP contribution in [0.25, 0.3) is 0 Å². The van der Waals surface area contributed by atoms with Gasteiger partial charge in [-0.15, -0.1) is 0 Å². The fourth-order valence-corrected chi connectivity index (χ4v) is 6.12. The van der Waals surface area contributed by atoms with Crippen LogP contribution in [0.15, 0.2) is 91.0 Å². The van der Waals surface area contributed by atoms with Crippen molar-refractivity contribution in [3.63, 3.8) is 0 Å². The molecule has 6 nitrogen and oxygen atoms in total. The van der Waals surface area contributed by atoms with E-state index in [-0.39, 0.29) is 37.0 Å². The first-order valence-electron chi connectivity index (χ1n) is 12.9. The summed E-state index contributed by atoms with van der Waals surface area (Å²) in [5.74, 6) is -0.495. The highest BCUT2D eigenvalue weighted by molar-refractivity contribution is 6.61. The summed E-state index contributed by atoms with van der Waals surface area (Å²) in [6.45, 7) is 4.30. The van der Waals surface area contributed by atoms with Crippen LogP contribution in [0.2, 0.25) is 0 Å². The van der Waals surface area contributed by atoms with Crippen LogP contribution in [-0.4, -0.2) is 34.4 Å². The Labute approximate surface area is 221 Å². The summed E-state index contributed by atoms with van der Waals surface area (Å²) in [6, 6.07) is 29.7. The topological polar surface area (TPSA) is 71.1 Å². The van der Waals surface area contributed by atoms with Gasteiger partial charge in [-0.1, -0.05) is 91.0 Å². The molecule has 0 saturated heterocycles. The van der Waals surface area contributed by atoms with Gasteiger partial charge in [-0.2, -0.15) is 0 Å². The Kier molecular flexibility index (Phi) is 12.1. The van der Waals surface area contributed by atoms with Crippen LogP contribution in [0.1, 0.15) is 62.9 Å². The van der Waals surface area contributed by atoms with E-state index in [4.69, 9.17) is 18.3 Å². The van der Waals surface area contributed by atoms with Crippen LogP contribution in [0.3, 0.4) is 0 Å². The molecule has 3 aromatic rings. The molecule has 3 aromatic carbocycles. The van der Waals surface area contributed by atoms with Crippen molar-refractivity contribution < 1.29 is 27.9 Å². The molecule has 196 valence electrons. The van der Waals surface area contributed by atoms with Crippen molar-refractivity contribution in [2.45, 2.75) is 51.7 Å². The van der Waals surface area contributed by atoms with Gasteiger partial charge in [0.05, 0.1) is 25.4 Å². The average molecular weight is 521 g/mol. The number of benzene rings is 3. The van der Waals surface area contributed by atoms with Gasteiger partial charge >= 0.3 is 21.2 Å². The smallest absolute Gasteiger partial charge is 0.356 e. The van der Waals surface area contributed by atoms with E-state index in [0.717, 1.165) is 16.3 Å². The lowest BCUT2D eigenvalue weighted by molar-refractivity contribution is -0.144. The second-order valence-corrected chi connectivity index (χ2v) is 10.4. The molecule has 0 fully saturated rings. The molecular weight excluding hydrogens is 484 g/mol. The minimum absolute atomic E-state index is 0.244. The molecule has 0 aliphatic carbocycles. The molecule has 3 rings (SSSR count). The zero-order valence-corrected chi connectivity index (χ0v) is 22.7. The molecule has 0 aliphatic rings. The standard InChI is InChI=1S/C30H36O6Si/c1-3-33-29(31)22-20-27(24-14-8-5-9-15-24)35-37(26-18-12-7-13-19-26)36-28(21-23-30(32)34-4-2)25-16-10-6-11-17-25/h5-19,27-28,37H,3-4,20-23H2,1-2H3. The Balaban J connectivity index is 1.87. The number of hydrogen-bond donors (Lipinski definition) is 0. The molecule has 0 aliphatic heterocycles. The van der Waals surface area contributed by atoms with Crippen molar-refractivity contribution in [1.29, 1.82) is 0 Å². The zero-order chi connectivity index (χ0) is 26.3. The van der Waals surface area contributed by atoms with E-state index < -0.39 is 9.28 Å². The maximum atomic E-state index is 12.2. The predicted molar refractivity (Wildman–Crippen MR) is 145 cm³/mol. The molecule has 0 radical (unpaired) electrons. The summed E-state index contributed by atoms with van der Waals surface area (Å²) < 4.78 is 23.8. The molecule has 0 N–H and O–H groups in total. The van der Waals surface area contributed by atoms with Gasteiger partial charge in [-0.3, -0.25) is 9.59 Å². The van der Waals surface area contributed by atoms with Gasteiger partial charge in [0.2, 0.25) is 0 Å². The molecule has 0 saturated carbocycles. The maximum Gasteiger partial charge on any atom is 0.356 e. The molecule has 0 heterocycles. The van der Waals surface area contributed by atoms with Crippen LogP contribution >= 0.6 is 0 Å². The third kappa shape index (κ3) is 9.61. The first-order chi connectivity index (χ1) is 18.1. The SMILES string of the molecule is CCOC(=O)CCC(O[SiH](OC(CCC(=O)OCC)c1ccccc1)c1ccccc1)c1ccccc1. The lowest BCUT2D eigenvalue weighted by Crippen LogP contribution is -2.39. The second kappa shape index (κ2) is 15.8. The fraction of sp³-hybridized carbons (Fsp3) is 0.333. The fourth-order valence-electron chi connectivity index (χ4n) is 4.02. The van der Waals surface area contributed by atoms with E-state index >= 15 is 0 Å². The van der Waals surface area contributed by atoms with E-state index in [9.17, 15) is 9.59 Å². The van der Waals surface area contributed by atoms with Crippen molar-refractivity contribution in [2.75, 3.05) is 13.2 Å². The van der Waals surface area contributed by atoms with Crippen molar-refractivity contribution in [3.05, 3.63) is 102 Å². The molecule has 7 heteroatoms. The Hall–Kier alpha value is -3.26. The average Bonchev–Trinajstić information content (AvgIpc) is 2.94. The van der Waals surface area contributed by atoms with Gasteiger partial charge in [0.25, 0.3) is 0 Å². The van der Waals surface area contributed by atoms with Gasteiger partial charge in [-0.05, 0) is 43.0 Å².